The van der Waals surface area contributed by atoms with E-state index < -0.39 is 0 Å². The molecule has 4 heteroatoms. The van der Waals surface area contributed by atoms with E-state index in [0.29, 0.717) is 0 Å². The molecule has 0 spiro atoms. The van der Waals surface area contributed by atoms with Crippen molar-refractivity contribution in [1.29, 1.82) is 0 Å². The van der Waals surface area contributed by atoms with Crippen LogP contribution in [0.25, 0.3) is 0 Å². The summed E-state index contributed by atoms with van der Waals surface area (Å²) in [5, 5.41) is 7.70. The molecule has 0 fully saturated rings. The third kappa shape index (κ3) is 3.52. The lowest BCUT2D eigenvalue weighted by molar-refractivity contribution is 0.623. The van der Waals surface area contributed by atoms with E-state index in [4.69, 9.17) is 0 Å². The third-order valence-corrected chi connectivity index (χ3v) is 3.55. The minimum absolute atomic E-state index is 0.0186. The molecule has 1 unspecified atom stereocenters. The largest absolute Gasteiger partial charge is 0.376 e. The zero-order valence-electron chi connectivity index (χ0n) is 12.4. The van der Waals surface area contributed by atoms with Crippen molar-refractivity contribution in [2.75, 3.05) is 5.32 Å². The van der Waals surface area contributed by atoms with Crippen LogP contribution < -0.4 is 5.32 Å². The lowest BCUT2D eigenvalue weighted by Crippen LogP contribution is -2.06. The SMILES string of the molecule is CC(Nc1cnn(Cc2ccccc2)c1)c1cccc(F)c1. The molecule has 0 saturated heterocycles. The first-order valence-corrected chi connectivity index (χ1v) is 7.29. The Morgan fingerprint density at radius 2 is 1.95 bits per heavy atom. The van der Waals surface area contributed by atoms with Crippen molar-refractivity contribution in [2.24, 2.45) is 0 Å². The van der Waals surface area contributed by atoms with Gasteiger partial charge in [-0.3, -0.25) is 4.68 Å². The summed E-state index contributed by atoms with van der Waals surface area (Å²) in [6, 6.07) is 16.8. The van der Waals surface area contributed by atoms with E-state index in [2.05, 4.69) is 22.5 Å². The summed E-state index contributed by atoms with van der Waals surface area (Å²) in [5.74, 6) is -0.217. The molecule has 0 bridgehead atoms. The molecule has 3 aromatic rings. The zero-order chi connectivity index (χ0) is 15.4. The molecule has 0 radical (unpaired) electrons. The lowest BCUT2D eigenvalue weighted by Gasteiger charge is -2.14. The van der Waals surface area contributed by atoms with Crippen molar-refractivity contribution in [3.8, 4) is 0 Å². The highest BCUT2D eigenvalue weighted by Gasteiger charge is 2.07. The standard InChI is InChI=1S/C18H18FN3/c1-14(16-8-5-9-17(19)10-16)21-18-11-20-22(13-18)12-15-6-3-2-4-7-15/h2-11,13-14,21H,12H2,1H3. The minimum Gasteiger partial charge on any atom is -0.376 e. The first kappa shape index (κ1) is 14.3. The van der Waals surface area contributed by atoms with Crippen molar-refractivity contribution in [1.82, 2.24) is 9.78 Å². The summed E-state index contributed by atoms with van der Waals surface area (Å²) in [6.07, 6.45) is 3.75. The maximum absolute atomic E-state index is 13.3. The minimum atomic E-state index is -0.217. The highest BCUT2D eigenvalue weighted by atomic mass is 19.1. The molecule has 2 aromatic carbocycles. The van der Waals surface area contributed by atoms with E-state index in [-0.39, 0.29) is 11.9 Å². The van der Waals surface area contributed by atoms with Gasteiger partial charge in [0.05, 0.1) is 18.4 Å². The van der Waals surface area contributed by atoms with E-state index in [1.807, 2.05) is 42.1 Å². The molecule has 1 atom stereocenters. The van der Waals surface area contributed by atoms with Gasteiger partial charge in [0.2, 0.25) is 0 Å². The molecule has 3 nitrogen and oxygen atoms in total. The maximum Gasteiger partial charge on any atom is 0.123 e. The number of nitrogens with zero attached hydrogens (tertiary/aromatic N) is 2. The summed E-state index contributed by atoms with van der Waals surface area (Å²) in [6.45, 7) is 2.74. The van der Waals surface area contributed by atoms with Crippen molar-refractivity contribution < 1.29 is 4.39 Å². The summed E-state index contributed by atoms with van der Waals surface area (Å²) >= 11 is 0. The molecule has 22 heavy (non-hydrogen) atoms. The number of halogens is 1. The fourth-order valence-corrected chi connectivity index (χ4v) is 2.40. The van der Waals surface area contributed by atoms with Crippen LogP contribution in [-0.4, -0.2) is 9.78 Å². The number of hydrogen-bond donors (Lipinski definition) is 1. The van der Waals surface area contributed by atoms with Gasteiger partial charge in [-0.15, -0.1) is 0 Å². The van der Waals surface area contributed by atoms with Crippen LogP contribution in [0.4, 0.5) is 10.1 Å². The van der Waals surface area contributed by atoms with Crippen molar-refractivity contribution in [3.05, 3.63) is 83.9 Å². The topological polar surface area (TPSA) is 29.9 Å². The van der Waals surface area contributed by atoms with Gasteiger partial charge >= 0.3 is 0 Å². The van der Waals surface area contributed by atoms with E-state index in [9.17, 15) is 4.39 Å². The van der Waals surface area contributed by atoms with Gasteiger partial charge in [0.1, 0.15) is 5.82 Å². The molecule has 0 saturated carbocycles. The smallest absolute Gasteiger partial charge is 0.123 e. The Morgan fingerprint density at radius 1 is 1.14 bits per heavy atom. The molecular formula is C18H18FN3. The Labute approximate surface area is 129 Å². The molecular weight excluding hydrogens is 277 g/mol. The number of aromatic nitrogens is 2. The second-order valence-electron chi connectivity index (χ2n) is 5.33. The van der Waals surface area contributed by atoms with Gasteiger partial charge in [-0.2, -0.15) is 5.10 Å². The number of rotatable bonds is 5. The van der Waals surface area contributed by atoms with Crippen LogP contribution in [0, 0.1) is 5.82 Å². The second kappa shape index (κ2) is 6.43. The van der Waals surface area contributed by atoms with Gasteiger partial charge in [-0.25, -0.2) is 4.39 Å². The van der Waals surface area contributed by atoms with Crippen LogP contribution in [0.15, 0.2) is 67.0 Å². The third-order valence-electron chi connectivity index (χ3n) is 3.55. The Hall–Kier alpha value is -2.62. The van der Waals surface area contributed by atoms with Crippen molar-refractivity contribution in [3.63, 3.8) is 0 Å². The van der Waals surface area contributed by atoms with Gasteiger partial charge in [-0.05, 0) is 30.2 Å². The van der Waals surface area contributed by atoms with E-state index in [1.54, 1.807) is 18.3 Å². The van der Waals surface area contributed by atoms with E-state index in [0.717, 1.165) is 17.8 Å². The molecule has 1 N–H and O–H groups in total. The van der Waals surface area contributed by atoms with E-state index in [1.165, 1.54) is 11.6 Å². The monoisotopic (exact) mass is 295 g/mol. The fraction of sp³-hybridized carbons (Fsp3) is 0.167. The molecule has 3 rings (SSSR count). The average molecular weight is 295 g/mol. The Bertz CT molecular complexity index is 737. The van der Waals surface area contributed by atoms with E-state index >= 15 is 0 Å². The van der Waals surface area contributed by atoms with Crippen molar-refractivity contribution in [2.45, 2.75) is 19.5 Å². The first-order chi connectivity index (χ1) is 10.7. The van der Waals surface area contributed by atoms with Gasteiger partial charge < -0.3 is 5.32 Å². The molecule has 0 aliphatic heterocycles. The van der Waals surface area contributed by atoms with Crippen LogP contribution in [-0.2, 0) is 6.54 Å². The quantitative estimate of drug-likeness (QED) is 0.763. The molecule has 0 amide bonds. The van der Waals surface area contributed by atoms with Gasteiger partial charge in [0.25, 0.3) is 0 Å². The van der Waals surface area contributed by atoms with Crippen LogP contribution in [0.5, 0.6) is 0 Å². The zero-order valence-corrected chi connectivity index (χ0v) is 12.4. The Kier molecular flexibility index (Phi) is 4.19. The van der Waals surface area contributed by atoms with Crippen molar-refractivity contribution >= 4 is 5.69 Å². The predicted molar refractivity (Wildman–Crippen MR) is 86.2 cm³/mol. The van der Waals surface area contributed by atoms with Gasteiger partial charge in [0.15, 0.2) is 0 Å². The molecule has 112 valence electrons. The summed E-state index contributed by atoms with van der Waals surface area (Å²) in [7, 11) is 0. The average Bonchev–Trinajstić information content (AvgIpc) is 2.95. The highest BCUT2D eigenvalue weighted by Crippen LogP contribution is 2.19. The normalized spacial score (nSPS) is 12.1. The van der Waals surface area contributed by atoms with Crippen LogP contribution >= 0.6 is 0 Å². The predicted octanol–water partition coefficient (Wildman–Crippen LogP) is 4.24. The summed E-state index contributed by atoms with van der Waals surface area (Å²) < 4.78 is 15.2. The number of benzene rings is 2. The summed E-state index contributed by atoms with van der Waals surface area (Å²) in [4.78, 5) is 0. The van der Waals surface area contributed by atoms with Crippen LogP contribution in [0.2, 0.25) is 0 Å². The highest BCUT2D eigenvalue weighted by molar-refractivity contribution is 5.41. The Balaban J connectivity index is 1.66. The first-order valence-electron chi connectivity index (χ1n) is 7.29. The fourth-order valence-electron chi connectivity index (χ4n) is 2.40. The van der Waals surface area contributed by atoms with Gasteiger partial charge in [-0.1, -0.05) is 42.5 Å². The van der Waals surface area contributed by atoms with Crippen LogP contribution in [0.3, 0.4) is 0 Å². The number of anilines is 1. The maximum atomic E-state index is 13.3. The molecule has 0 aliphatic carbocycles. The lowest BCUT2D eigenvalue weighted by atomic mass is 10.1. The number of nitrogens with one attached hydrogen (secondary N) is 1. The second-order valence-corrected chi connectivity index (χ2v) is 5.33. The number of hydrogen-bond acceptors (Lipinski definition) is 2. The molecule has 1 heterocycles. The van der Waals surface area contributed by atoms with Gasteiger partial charge in [0, 0.05) is 12.2 Å². The molecule has 1 aromatic heterocycles. The van der Waals surface area contributed by atoms with Crippen LogP contribution in [0.1, 0.15) is 24.1 Å². The molecule has 0 aliphatic rings. The summed E-state index contributed by atoms with van der Waals surface area (Å²) in [5.41, 5.74) is 3.04. The Morgan fingerprint density at radius 3 is 2.73 bits per heavy atom.